The molecule has 0 fully saturated rings. The molecule has 0 bridgehead atoms. The normalized spacial score (nSPS) is 14.5. The molecule has 3 aromatic rings. The van der Waals surface area contributed by atoms with Crippen LogP contribution in [0, 0.1) is 0 Å². The predicted octanol–water partition coefficient (Wildman–Crippen LogP) is 6.54. The van der Waals surface area contributed by atoms with Gasteiger partial charge in [-0.3, -0.25) is 0 Å². The molecule has 2 aromatic carbocycles. The first-order chi connectivity index (χ1) is 18.5. The third kappa shape index (κ3) is 6.24. The Kier molecular flexibility index (Phi) is 9.52. The molecule has 200 valence electrons. The van der Waals surface area contributed by atoms with E-state index in [9.17, 15) is 4.79 Å². The number of hydrogen-bond donors (Lipinski definition) is 1. The van der Waals surface area contributed by atoms with Crippen molar-refractivity contribution in [3.63, 3.8) is 0 Å². The lowest BCUT2D eigenvalue weighted by molar-refractivity contribution is -0.138. The molecule has 1 N–H and O–H groups in total. The number of esters is 1. The van der Waals surface area contributed by atoms with Crippen LogP contribution < -0.4 is 14.8 Å². The summed E-state index contributed by atoms with van der Waals surface area (Å²) in [6.07, 6.45) is 3.70. The number of ether oxygens (including phenoxy) is 3. The summed E-state index contributed by atoms with van der Waals surface area (Å²) in [7, 11) is 1.59. The van der Waals surface area contributed by atoms with E-state index in [4.69, 9.17) is 19.3 Å². The van der Waals surface area contributed by atoms with Gasteiger partial charge in [0, 0.05) is 11.4 Å². The molecule has 1 aliphatic heterocycles. The molecule has 0 spiro atoms. The van der Waals surface area contributed by atoms with Crippen LogP contribution in [-0.4, -0.2) is 40.2 Å². The zero-order valence-corrected chi connectivity index (χ0v) is 24.1. The number of rotatable bonds is 12. The van der Waals surface area contributed by atoms with Crippen molar-refractivity contribution in [2.45, 2.75) is 44.5 Å². The number of anilines is 1. The number of allylic oxidation sites excluding steroid dienone is 1. The van der Waals surface area contributed by atoms with E-state index in [2.05, 4.69) is 39.7 Å². The van der Waals surface area contributed by atoms with Gasteiger partial charge < -0.3 is 19.5 Å². The minimum absolute atomic E-state index is 0.101. The molecule has 0 aliphatic carbocycles. The zero-order valence-electron chi connectivity index (χ0n) is 21.7. The van der Waals surface area contributed by atoms with Gasteiger partial charge in [0.15, 0.2) is 11.5 Å². The number of carbonyl (C=O) groups excluding carboxylic acids is 1. The second kappa shape index (κ2) is 13.0. The van der Waals surface area contributed by atoms with Gasteiger partial charge in [0.05, 0.1) is 17.2 Å². The molecule has 10 heteroatoms. The number of thioether (sulfide) groups is 1. The maximum absolute atomic E-state index is 13.2. The first kappa shape index (κ1) is 27.8. The molecule has 0 radical (unpaired) electrons. The Morgan fingerprint density at radius 2 is 2.08 bits per heavy atom. The summed E-state index contributed by atoms with van der Waals surface area (Å²) >= 11 is 5.26. The number of nitrogens with zero attached hydrogens (tertiary/aromatic N) is 3. The van der Waals surface area contributed by atoms with Crippen LogP contribution in [-0.2, 0) is 16.1 Å². The van der Waals surface area contributed by atoms with E-state index in [-0.39, 0.29) is 6.61 Å². The average Bonchev–Trinajstić information content (AvgIpc) is 3.32. The molecule has 0 saturated heterocycles. The topological polar surface area (TPSA) is 87.5 Å². The number of benzene rings is 2. The van der Waals surface area contributed by atoms with Crippen molar-refractivity contribution < 1.29 is 19.0 Å². The molecule has 38 heavy (non-hydrogen) atoms. The summed E-state index contributed by atoms with van der Waals surface area (Å²) in [5.41, 5.74) is 2.88. The molecular formula is C28H31BrN4O4S. The summed E-state index contributed by atoms with van der Waals surface area (Å²) in [4.78, 5) is 17.9. The minimum atomic E-state index is -0.593. The number of carbonyl (C=O) groups is 1. The van der Waals surface area contributed by atoms with Crippen molar-refractivity contribution in [2.75, 3.05) is 24.8 Å². The number of nitrogens with one attached hydrogen (secondary N) is 1. The molecule has 4 rings (SSSR count). The van der Waals surface area contributed by atoms with Gasteiger partial charge in [-0.05, 0) is 52.5 Å². The monoisotopic (exact) mass is 598 g/mol. The SMILES string of the molecule is C=CCOC(=O)C1=C(C)Nc2nc(SCCCC)nn2C1c1cc(Br)c(OCc2ccccc2)c(OC)c1. The van der Waals surface area contributed by atoms with Gasteiger partial charge in [0.25, 0.3) is 0 Å². The molecule has 1 aliphatic rings. The quantitative estimate of drug-likeness (QED) is 0.109. The van der Waals surface area contributed by atoms with E-state index in [1.165, 1.54) is 0 Å². The smallest absolute Gasteiger partial charge is 0.338 e. The molecule has 1 atom stereocenters. The highest BCUT2D eigenvalue weighted by atomic mass is 79.9. The standard InChI is InChI=1S/C28H31BrN4O4S/c1-5-7-14-38-28-31-27-30-18(3)23(26(34)36-13-6-2)24(33(27)32-28)20-15-21(29)25(22(16-20)35-4)37-17-19-11-9-8-10-12-19/h6,8-12,15-16,24H,2,5,7,13-14,17H2,1,3-4H3,(H,30,31,32). The first-order valence-corrected chi connectivity index (χ1v) is 14.1. The van der Waals surface area contributed by atoms with E-state index >= 15 is 0 Å². The second-order valence-electron chi connectivity index (χ2n) is 8.63. The Morgan fingerprint density at radius 1 is 1.29 bits per heavy atom. The van der Waals surface area contributed by atoms with Crippen LogP contribution in [0.5, 0.6) is 11.5 Å². The number of aromatic nitrogens is 3. The third-order valence-electron chi connectivity index (χ3n) is 5.91. The summed E-state index contributed by atoms with van der Waals surface area (Å²) in [5.74, 6) is 2.12. The predicted molar refractivity (Wildman–Crippen MR) is 153 cm³/mol. The number of hydrogen-bond acceptors (Lipinski definition) is 8. The fraction of sp³-hybridized carbons (Fsp3) is 0.321. The van der Waals surface area contributed by atoms with Crippen LogP contribution in [0.2, 0.25) is 0 Å². The molecule has 1 unspecified atom stereocenters. The summed E-state index contributed by atoms with van der Waals surface area (Å²) in [5, 5.41) is 8.65. The van der Waals surface area contributed by atoms with Gasteiger partial charge in [0.2, 0.25) is 11.1 Å². The van der Waals surface area contributed by atoms with E-state index in [1.54, 1.807) is 29.6 Å². The van der Waals surface area contributed by atoms with E-state index in [1.807, 2.05) is 49.4 Å². The van der Waals surface area contributed by atoms with Gasteiger partial charge in [-0.25, -0.2) is 9.48 Å². The van der Waals surface area contributed by atoms with Crippen LogP contribution in [0.4, 0.5) is 5.95 Å². The highest BCUT2D eigenvalue weighted by Gasteiger charge is 2.36. The van der Waals surface area contributed by atoms with Crippen molar-refractivity contribution in [1.29, 1.82) is 0 Å². The zero-order chi connectivity index (χ0) is 27.1. The Bertz CT molecular complexity index is 1330. The van der Waals surface area contributed by atoms with E-state index < -0.39 is 12.0 Å². The van der Waals surface area contributed by atoms with Crippen LogP contribution in [0.15, 0.2) is 76.0 Å². The Labute approximate surface area is 235 Å². The van der Waals surface area contributed by atoms with E-state index in [0.29, 0.717) is 45.0 Å². The fourth-order valence-electron chi connectivity index (χ4n) is 4.05. The lowest BCUT2D eigenvalue weighted by Gasteiger charge is -2.28. The Hall–Kier alpha value is -3.24. The Balaban J connectivity index is 1.74. The lowest BCUT2D eigenvalue weighted by Crippen LogP contribution is -2.29. The maximum atomic E-state index is 13.2. The summed E-state index contributed by atoms with van der Waals surface area (Å²) in [6, 6.07) is 13.1. The van der Waals surface area contributed by atoms with Gasteiger partial charge in [-0.15, -0.1) is 5.10 Å². The van der Waals surface area contributed by atoms with Gasteiger partial charge in [0.1, 0.15) is 19.3 Å². The van der Waals surface area contributed by atoms with Gasteiger partial charge in [-0.1, -0.05) is 68.1 Å². The summed E-state index contributed by atoms with van der Waals surface area (Å²) < 4.78 is 19.7. The molecular weight excluding hydrogens is 568 g/mol. The van der Waals surface area contributed by atoms with Crippen molar-refractivity contribution in [3.8, 4) is 11.5 Å². The summed E-state index contributed by atoms with van der Waals surface area (Å²) in [6.45, 7) is 8.12. The number of halogens is 1. The molecule has 2 heterocycles. The van der Waals surface area contributed by atoms with Crippen molar-refractivity contribution in [1.82, 2.24) is 14.8 Å². The largest absolute Gasteiger partial charge is 0.493 e. The molecule has 0 saturated carbocycles. The minimum Gasteiger partial charge on any atom is -0.493 e. The van der Waals surface area contributed by atoms with Crippen molar-refractivity contribution in [2.24, 2.45) is 0 Å². The first-order valence-electron chi connectivity index (χ1n) is 12.4. The highest BCUT2D eigenvalue weighted by molar-refractivity contribution is 9.10. The molecule has 1 aromatic heterocycles. The number of unbranched alkanes of at least 4 members (excludes halogenated alkanes) is 1. The van der Waals surface area contributed by atoms with Crippen LogP contribution in [0.1, 0.15) is 43.9 Å². The third-order valence-corrected chi connectivity index (χ3v) is 7.42. The lowest BCUT2D eigenvalue weighted by atomic mass is 9.95. The number of fused-ring (bicyclic) bond motifs is 1. The van der Waals surface area contributed by atoms with Crippen molar-refractivity contribution >= 4 is 39.6 Å². The number of methoxy groups -OCH3 is 1. The van der Waals surface area contributed by atoms with Crippen LogP contribution in [0.3, 0.4) is 0 Å². The highest BCUT2D eigenvalue weighted by Crippen LogP contribution is 2.43. The van der Waals surface area contributed by atoms with Crippen molar-refractivity contribution in [3.05, 3.63) is 82.0 Å². The maximum Gasteiger partial charge on any atom is 0.338 e. The Morgan fingerprint density at radius 3 is 2.79 bits per heavy atom. The van der Waals surface area contributed by atoms with Crippen LogP contribution in [0.25, 0.3) is 0 Å². The average molecular weight is 600 g/mol. The second-order valence-corrected chi connectivity index (χ2v) is 10.5. The van der Waals surface area contributed by atoms with Gasteiger partial charge >= 0.3 is 5.97 Å². The fourth-order valence-corrected chi connectivity index (χ4v) is 5.54. The molecule has 8 nitrogen and oxygen atoms in total. The van der Waals surface area contributed by atoms with Crippen LogP contribution >= 0.6 is 27.7 Å². The van der Waals surface area contributed by atoms with E-state index in [0.717, 1.165) is 29.7 Å². The van der Waals surface area contributed by atoms with Gasteiger partial charge in [-0.2, -0.15) is 4.98 Å². The molecule has 0 amide bonds.